The molecule has 0 aromatic rings. The number of rotatable bonds is 10. The molecule has 0 radical (unpaired) electrons. The first-order valence-electron chi connectivity index (χ1n) is 8.52. The smallest absolute Gasteiger partial charge is 0.241 e. The molecule has 1 fully saturated rings. The third-order valence-electron chi connectivity index (χ3n) is 4.16. The molecular formula is C17H34N2OS. The van der Waals surface area contributed by atoms with E-state index >= 15 is 0 Å². The van der Waals surface area contributed by atoms with E-state index in [0.29, 0.717) is 17.7 Å². The second-order valence-corrected chi connectivity index (χ2v) is 7.96. The molecule has 0 spiro atoms. The van der Waals surface area contributed by atoms with Crippen molar-refractivity contribution in [3.05, 3.63) is 0 Å². The van der Waals surface area contributed by atoms with Crippen molar-refractivity contribution in [2.45, 2.75) is 72.0 Å². The summed E-state index contributed by atoms with van der Waals surface area (Å²) in [6, 6.07) is 0.0187. The molecule has 1 heterocycles. The van der Waals surface area contributed by atoms with Crippen LogP contribution in [-0.4, -0.2) is 41.6 Å². The molecule has 1 rings (SSSR count). The number of nitrogens with zero attached hydrogens (tertiary/aromatic N) is 1. The van der Waals surface area contributed by atoms with Crippen LogP contribution >= 0.6 is 11.8 Å². The van der Waals surface area contributed by atoms with Gasteiger partial charge in [-0.3, -0.25) is 10.1 Å². The molecule has 0 aromatic heterocycles. The zero-order valence-electron chi connectivity index (χ0n) is 14.5. The molecule has 1 amide bonds. The monoisotopic (exact) mass is 314 g/mol. The lowest BCUT2D eigenvalue weighted by molar-refractivity contribution is -0.130. The molecule has 1 N–H and O–H groups in total. The first kappa shape index (κ1) is 18.8. The van der Waals surface area contributed by atoms with Crippen LogP contribution < -0.4 is 5.32 Å². The summed E-state index contributed by atoms with van der Waals surface area (Å²) in [4.78, 5) is 14.7. The van der Waals surface area contributed by atoms with Crippen LogP contribution in [0.4, 0.5) is 0 Å². The summed E-state index contributed by atoms with van der Waals surface area (Å²) < 4.78 is 0. The maximum atomic E-state index is 12.6. The minimum atomic E-state index is 0.0187. The summed E-state index contributed by atoms with van der Waals surface area (Å²) in [5, 5.41) is 3.56. The summed E-state index contributed by atoms with van der Waals surface area (Å²) in [5.41, 5.74) is 0. The average molecular weight is 315 g/mol. The fraction of sp³-hybridized carbons (Fsp3) is 0.941. The summed E-state index contributed by atoms with van der Waals surface area (Å²) in [7, 11) is 0. The van der Waals surface area contributed by atoms with E-state index in [2.05, 4.69) is 44.2 Å². The predicted molar refractivity (Wildman–Crippen MR) is 93.6 cm³/mol. The van der Waals surface area contributed by atoms with Crippen molar-refractivity contribution >= 4 is 17.7 Å². The highest BCUT2D eigenvalue weighted by Crippen LogP contribution is 2.22. The predicted octanol–water partition coefficient (Wildman–Crippen LogP) is 3.74. The van der Waals surface area contributed by atoms with Crippen LogP contribution in [0.3, 0.4) is 0 Å². The van der Waals surface area contributed by atoms with E-state index in [1.807, 2.05) is 11.8 Å². The van der Waals surface area contributed by atoms with E-state index in [9.17, 15) is 4.79 Å². The van der Waals surface area contributed by atoms with Gasteiger partial charge in [-0.15, -0.1) is 0 Å². The van der Waals surface area contributed by atoms with Crippen LogP contribution in [0.2, 0.25) is 0 Å². The Morgan fingerprint density at radius 1 is 1.14 bits per heavy atom. The van der Waals surface area contributed by atoms with Gasteiger partial charge in [-0.25, -0.2) is 0 Å². The molecule has 124 valence electrons. The topological polar surface area (TPSA) is 32.3 Å². The Morgan fingerprint density at radius 3 is 2.38 bits per heavy atom. The minimum Gasteiger partial charge on any atom is -0.326 e. The molecule has 2 unspecified atom stereocenters. The SMILES string of the molecule is CSCCCCCCN1C(=O)C(C(C)C)NC1CC(C)C. The summed E-state index contributed by atoms with van der Waals surface area (Å²) >= 11 is 1.92. The Bertz CT molecular complexity index is 307. The maximum absolute atomic E-state index is 12.6. The molecule has 1 aliphatic rings. The second-order valence-electron chi connectivity index (χ2n) is 6.97. The van der Waals surface area contributed by atoms with Gasteiger partial charge < -0.3 is 4.90 Å². The van der Waals surface area contributed by atoms with Gasteiger partial charge >= 0.3 is 0 Å². The lowest BCUT2D eigenvalue weighted by Gasteiger charge is -2.25. The van der Waals surface area contributed by atoms with Crippen LogP contribution in [0.5, 0.6) is 0 Å². The Labute approximate surface area is 135 Å². The first-order chi connectivity index (χ1) is 9.97. The Kier molecular flexibility index (Phi) is 8.72. The molecule has 1 saturated heterocycles. The molecule has 0 aliphatic carbocycles. The van der Waals surface area contributed by atoms with Gasteiger partial charge in [-0.2, -0.15) is 11.8 Å². The molecule has 0 bridgehead atoms. The van der Waals surface area contributed by atoms with Gasteiger partial charge in [0.15, 0.2) is 0 Å². The molecule has 21 heavy (non-hydrogen) atoms. The van der Waals surface area contributed by atoms with Crippen LogP contribution in [0.25, 0.3) is 0 Å². The second kappa shape index (κ2) is 9.73. The van der Waals surface area contributed by atoms with Gasteiger partial charge in [0.2, 0.25) is 5.91 Å². The van der Waals surface area contributed by atoms with Crippen molar-refractivity contribution in [2.75, 3.05) is 18.6 Å². The molecular weight excluding hydrogens is 280 g/mol. The highest BCUT2D eigenvalue weighted by Gasteiger charge is 2.39. The van der Waals surface area contributed by atoms with Crippen molar-refractivity contribution in [3.8, 4) is 0 Å². The lowest BCUT2D eigenvalue weighted by atomic mass is 10.0. The van der Waals surface area contributed by atoms with Crippen molar-refractivity contribution in [1.29, 1.82) is 0 Å². The zero-order valence-corrected chi connectivity index (χ0v) is 15.3. The molecule has 3 nitrogen and oxygen atoms in total. The molecule has 4 heteroatoms. The Morgan fingerprint density at radius 2 is 1.81 bits per heavy atom. The molecule has 1 aliphatic heterocycles. The van der Waals surface area contributed by atoms with Crippen LogP contribution in [-0.2, 0) is 4.79 Å². The van der Waals surface area contributed by atoms with Gasteiger partial charge in [0.25, 0.3) is 0 Å². The maximum Gasteiger partial charge on any atom is 0.241 e. The van der Waals surface area contributed by atoms with E-state index in [4.69, 9.17) is 0 Å². The first-order valence-corrected chi connectivity index (χ1v) is 9.92. The van der Waals surface area contributed by atoms with Gasteiger partial charge in [-0.1, -0.05) is 40.5 Å². The fourth-order valence-corrected chi connectivity index (χ4v) is 3.46. The van der Waals surface area contributed by atoms with E-state index in [1.165, 1.54) is 25.0 Å². The lowest BCUT2D eigenvalue weighted by Crippen LogP contribution is -2.39. The third kappa shape index (κ3) is 6.19. The van der Waals surface area contributed by atoms with Crippen molar-refractivity contribution in [3.63, 3.8) is 0 Å². The Balaban J connectivity index is 2.44. The van der Waals surface area contributed by atoms with Gasteiger partial charge in [0.1, 0.15) is 0 Å². The van der Waals surface area contributed by atoms with Crippen LogP contribution in [0, 0.1) is 11.8 Å². The van der Waals surface area contributed by atoms with E-state index in [0.717, 1.165) is 19.4 Å². The number of unbranched alkanes of at least 4 members (excludes halogenated alkanes) is 3. The van der Waals surface area contributed by atoms with E-state index < -0.39 is 0 Å². The standard InChI is InChI=1S/C17H34N2OS/c1-13(2)12-15-18-16(14(3)4)17(20)19(15)10-8-6-7-9-11-21-5/h13-16,18H,6-12H2,1-5H3. The summed E-state index contributed by atoms with van der Waals surface area (Å²) in [6.45, 7) is 9.65. The van der Waals surface area contributed by atoms with Crippen LogP contribution in [0.1, 0.15) is 59.8 Å². The third-order valence-corrected chi connectivity index (χ3v) is 4.85. The van der Waals surface area contributed by atoms with E-state index in [1.54, 1.807) is 0 Å². The van der Waals surface area contributed by atoms with Gasteiger partial charge in [-0.05, 0) is 43.1 Å². The number of amides is 1. The Hall–Kier alpha value is -0.220. The van der Waals surface area contributed by atoms with Crippen LogP contribution in [0.15, 0.2) is 0 Å². The number of carbonyl (C=O) groups excluding carboxylic acids is 1. The van der Waals surface area contributed by atoms with Gasteiger partial charge in [0, 0.05) is 6.54 Å². The zero-order chi connectivity index (χ0) is 15.8. The number of hydrogen-bond donors (Lipinski definition) is 1. The number of hydrogen-bond acceptors (Lipinski definition) is 3. The number of nitrogens with one attached hydrogen (secondary N) is 1. The quantitative estimate of drug-likeness (QED) is 0.624. The summed E-state index contributed by atoms with van der Waals surface area (Å²) in [6.07, 6.45) is 8.44. The van der Waals surface area contributed by atoms with E-state index in [-0.39, 0.29) is 12.2 Å². The normalized spacial score (nSPS) is 22.8. The van der Waals surface area contributed by atoms with Gasteiger partial charge in [0.05, 0.1) is 12.2 Å². The number of thioether (sulfide) groups is 1. The molecule has 0 aromatic carbocycles. The highest BCUT2D eigenvalue weighted by molar-refractivity contribution is 7.98. The average Bonchev–Trinajstić information content (AvgIpc) is 2.70. The van der Waals surface area contributed by atoms with Crippen molar-refractivity contribution < 1.29 is 4.79 Å². The van der Waals surface area contributed by atoms with Crippen molar-refractivity contribution in [1.82, 2.24) is 10.2 Å². The highest BCUT2D eigenvalue weighted by atomic mass is 32.2. The number of carbonyl (C=O) groups is 1. The largest absolute Gasteiger partial charge is 0.326 e. The van der Waals surface area contributed by atoms with Crippen molar-refractivity contribution in [2.24, 2.45) is 11.8 Å². The molecule has 0 saturated carbocycles. The minimum absolute atomic E-state index is 0.0187. The summed E-state index contributed by atoms with van der Waals surface area (Å²) in [5.74, 6) is 2.57. The molecule has 2 atom stereocenters. The fourth-order valence-electron chi connectivity index (χ4n) is 2.97.